The van der Waals surface area contributed by atoms with Crippen molar-refractivity contribution in [1.82, 2.24) is 4.90 Å². The molecule has 0 bridgehead atoms. The number of hydrogen-bond donors (Lipinski definition) is 2. The topological polar surface area (TPSA) is 111 Å². The van der Waals surface area contributed by atoms with Gasteiger partial charge in [-0.15, -0.1) is 11.3 Å². The van der Waals surface area contributed by atoms with Crippen LogP contribution in [-0.2, 0) is 22.5 Å². The molecule has 0 spiro atoms. The summed E-state index contributed by atoms with van der Waals surface area (Å²) in [6.07, 6.45) is 0.0602. The van der Waals surface area contributed by atoms with Crippen molar-refractivity contribution >= 4 is 34.2 Å². The average molecular weight is 478 g/mol. The summed E-state index contributed by atoms with van der Waals surface area (Å²) >= 11 is 1.27. The van der Waals surface area contributed by atoms with E-state index in [1.54, 1.807) is 11.8 Å². The Morgan fingerprint density at radius 1 is 1.12 bits per heavy atom. The number of ether oxygens (including phenoxy) is 2. The number of nitrogens with two attached hydrogens (primary N) is 1. The Morgan fingerprint density at radius 2 is 1.76 bits per heavy atom. The standard InChI is InChI=1S/C25H23N3O5S/c1-2-32-25(31)28-12-11-16-19(13-28)34-24(21(16)22(26)29)27-23(30)20-14-7-3-5-9-17(14)33-18-10-6-4-8-15(18)20/h3-10,20H,2,11-13H2,1H3,(H2,26,29)(H,27,30). The molecule has 3 aromatic rings. The minimum absolute atomic E-state index is 0.286. The number of benzene rings is 2. The van der Waals surface area contributed by atoms with E-state index in [0.29, 0.717) is 41.6 Å². The Balaban J connectivity index is 1.49. The Morgan fingerprint density at radius 3 is 2.38 bits per heavy atom. The van der Waals surface area contributed by atoms with Crippen LogP contribution in [0.1, 0.15) is 44.8 Å². The predicted molar refractivity (Wildman–Crippen MR) is 127 cm³/mol. The van der Waals surface area contributed by atoms with E-state index >= 15 is 0 Å². The van der Waals surface area contributed by atoms with E-state index in [0.717, 1.165) is 21.6 Å². The molecule has 3 heterocycles. The van der Waals surface area contributed by atoms with Gasteiger partial charge < -0.3 is 25.4 Å². The highest BCUT2D eigenvalue weighted by molar-refractivity contribution is 7.17. The fraction of sp³-hybridized carbons (Fsp3) is 0.240. The van der Waals surface area contributed by atoms with Crippen molar-refractivity contribution in [1.29, 1.82) is 0 Å². The Bertz CT molecular complexity index is 1260. The summed E-state index contributed by atoms with van der Waals surface area (Å²) < 4.78 is 11.1. The van der Waals surface area contributed by atoms with Gasteiger partial charge in [0.2, 0.25) is 5.91 Å². The first-order valence-electron chi connectivity index (χ1n) is 11.0. The van der Waals surface area contributed by atoms with Gasteiger partial charge in [-0.1, -0.05) is 36.4 Å². The molecule has 174 valence electrons. The molecule has 0 unspecified atom stereocenters. The number of carbonyl (C=O) groups excluding carboxylic acids is 3. The maximum absolute atomic E-state index is 13.6. The van der Waals surface area contributed by atoms with Crippen LogP contribution in [0.15, 0.2) is 48.5 Å². The van der Waals surface area contributed by atoms with Crippen molar-refractivity contribution in [3.8, 4) is 11.5 Å². The molecule has 3 amide bonds. The molecule has 0 aliphatic carbocycles. The first-order chi connectivity index (χ1) is 16.5. The average Bonchev–Trinajstić information content (AvgIpc) is 3.19. The molecule has 0 saturated heterocycles. The van der Waals surface area contributed by atoms with Crippen molar-refractivity contribution < 1.29 is 23.9 Å². The highest BCUT2D eigenvalue weighted by Crippen LogP contribution is 2.45. The quantitative estimate of drug-likeness (QED) is 0.584. The molecule has 1 aromatic heterocycles. The van der Waals surface area contributed by atoms with Gasteiger partial charge in [-0.3, -0.25) is 9.59 Å². The number of anilines is 1. The lowest BCUT2D eigenvalue weighted by molar-refractivity contribution is -0.116. The molecule has 0 saturated carbocycles. The zero-order valence-electron chi connectivity index (χ0n) is 18.5. The number of amides is 3. The number of primary amides is 1. The van der Waals surface area contributed by atoms with Crippen LogP contribution in [0, 0.1) is 0 Å². The fourth-order valence-electron chi connectivity index (χ4n) is 4.50. The molecule has 3 N–H and O–H groups in total. The highest BCUT2D eigenvalue weighted by atomic mass is 32.1. The van der Waals surface area contributed by atoms with Crippen molar-refractivity contribution in [2.75, 3.05) is 18.5 Å². The molecule has 5 rings (SSSR count). The normalized spacial score (nSPS) is 14.3. The number of fused-ring (bicyclic) bond motifs is 3. The summed E-state index contributed by atoms with van der Waals surface area (Å²) in [6, 6.07) is 14.8. The van der Waals surface area contributed by atoms with Gasteiger partial charge in [-0.25, -0.2) is 4.79 Å². The van der Waals surface area contributed by atoms with Crippen LogP contribution in [-0.4, -0.2) is 36.0 Å². The van der Waals surface area contributed by atoms with E-state index < -0.39 is 17.9 Å². The van der Waals surface area contributed by atoms with Gasteiger partial charge in [-0.05, 0) is 31.0 Å². The summed E-state index contributed by atoms with van der Waals surface area (Å²) in [4.78, 5) is 40.6. The van der Waals surface area contributed by atoms with E-state index in [4.69, 9.17) is 15.2 Å². The largest absolute Gasteiger partial charge is 0.457 e. The summed E-state index contributed by atoms with van der Waals surface area (Å²) in [5.41, 5.74) is 8.30. The van der Waals surface area contributed by atoms with Crippen LogP contribution in [0.3, 0.4) is 0 Å². The molecule has 0 fully saturated rings. The van der Waals surface area contributed by atoms with Gasteiger partial charge >= 0.3 is 6.09 Å². The lowest BCUT2D eigenvalue weighted by Gasteiger charge is -2.27. The zero-order valence-corrected chi connectivity index (χ0v) is 19.3. The number of hydrogen-bond acceptors (Lipinski definition) is 6. The monoisotopic (exact) mass is 477 g/mol. The number of nitrogens with one attached hydrogen (secondary N) is 1. The third-order valence-electron chi connectivity index (χ3n) is 6.01. The van der Waals surface area contributed by atoms with Crippen LogP contribution in [0.2, 0.25) is 0 Å². The van der Waals surface area contributed by atoms with Gasteiger partial charge in [0, 0.05) is 22.5 Å². The highest BCUT2D eigenvalue weighted by Gasteiger charge is 2.35. The minimum atomic E-state index is -0.614. The van der Waals surface area contributed by atoms with Crippen LogP contribution in [0.5, 0.6) is 11.5 Å². The lowest BCUT2D eigenvalue weighted by atomic mass is 9.87. The third kappa shape index (κ3) is 3.77. The van der Waals surface area contributed by atoms with Gasteiger partial charge in [0.15, 0.2) is 0 Å². The molecular formula is C25H23N3O5S. The SMILES string of the molecule is CCOC(=O)N1CCc2c(sc(NC(=O)C3c4ccccc4Oc4ccccc43)c2C(N)=O)C1. The molecule has 0 radical (unpaired) electrons. The van der Waals surface area contributed by atoms with Crippen molar-refractivity contribution in [3.63, 3.8) is 0 Å². The molecule has 2 aliphatic rings. The summed E-state index contributed by atoms with van der Waals surface area (Å²) in [7, 11) is 0. The predicted octanol–water partition coefficient (Wildman–Crippen LogP) is 4.24. The first-order valence-corrected chi connectivity index (χ1v) is 11.8. The Kier molecular flexibility index (Phi) is 5.70. The second kappa shape index (κ2) is 8.83. The van der Waals surface area contributed by atoms with Crippen LogP contribution >= 0.6 is 11.3 Å². The smallest absolute Gasteiger partial charge is 0.410 e. The number of rotatable bonds is 4. The second-order valence-electron chi connectivity index (χ2n) is 8.04. The molecule has 2 aromatic carbocycles. The van der Waals surface area contributed by atoms with Gasteiger partial charge in [0.1, 0.15) is 16.5 Å². The molecule has 9 heteroatoms. The van der Waals surface area contributed by atoms with E-state index in [1.165, 1.54) is 11.3 Å². The maximum Gasteiger partial charge on any atom is 0.410 e. The summed E-state index contributed by atoms with van der Waals surface area (Å²) in [5, 5.41) is 3.36. The van der Waals surface area contributed by atoms with E-state index in [2.05, 4.69) is 5.32 Å². The van der Waals surface area contributed by atoms with Crippen LogP contribution in [0.4, 0.5) is 9.80 Å². The maximum atomic E-state index is 13.6. The van der Waals surface area contributed by atoms with Crippen molar-refractivity contribution in [3.05, 3.63) is 75.7 Å². The summed E-state index contributed by atoms with van der Waals surface area (Å²) in [5.74, 6) is -0.271. The van der Waals surface area contributed by atoms with Crippen LogP contribution in [0.25, 0.3) is 0 Å². The Hall–Kier alpha value is -3.85. The molecule has 0 atom stereocenters. The number of para-hydroxylation sites is 2. The van der Waals surface area contributed by atoms with Crippen molar-refractivity contribution in [2.24, 2.45) is 5.73 Å². The molecule has 8 nitrogen and oxygen atoms in total. The van der Waals surface area contributed by atoms with E-state index in [-0.39, 0.29) is 12.5 Å². The molecular weight excluding hydrogens is 454 g/mol. The number of carbonyl (C=O) groups is 3. The molecule has 34 heavy (non-hydrogen) atoms. The van der Waals surface area contributed by atoms with E-state index in [9.17, 15) is 14.4 Å². The van der Waals surface area contributed by atoms with Gasteiger partial charge in [-0.2, -0.15) is 0 Å². The Labute approximate surface area is 200 Å². The lowest BCUT2D eigenvalue weighted by Crippen LogP contribution is -2.36. The summed E-state index contributed by atoms with van der Waals surface area (Å²) in [6.45, 7) is 2.76. The number of thiophene rings is 1. The van der Waals surface area contributed by atoms with Crippen LogP contribution < -0.4 is 15.8 Å². The van der Waals surface area contributed by atoms with Gasteiger partial charge in [0.25, 0.3) is 5.91 Å². The first kappa shape index (κ1) is 22.0. The van der Waals surface area contributed by atoms with E-state index in [1.807, 2.05) is 48.5 Å². The third-order valence-corrected chi connectivity index (χ3v) is 7.14. The van der Waals surface area contributed by atoms with Crippen molar-refractivity contribution in [2.45, 2.75) is 25.8 Å². The fourth-order valence-corrected chi connectivity index (χ4v) is 5.77. The van der Waals surface area contributed by atoms with Gasteiger partial charge in [0.05, 0.1) is 24.6 Å². The zero-order chi connectivity index (χ0) is 23.8. The second-order valence-corrected chi connectivity index (χ2v) is 9.15. The number of nitrogens with zero attached hydrogens (tertiary/aromatic N) is 1. The molecule has 2 aliphatic heterocycles. The minimum Gasteiger partial charge on any atom is -0.457 e.